The third-order valence-electron chi connectivity index (χ3n) is 5.71. The van der Waals surface area contributed by atoms with Gasteiger partial charge in [0.05, 0.1) is 10.7 Å². The number of imide groups is 1. The molecule has 3 aromatic carbocycles. The van der Waals surface area contributed by atoms with Crippen LogP contribution in [0.2, 0.25) is 5.02 Å². The maximum Gasteiger partial charge on any atom is 0.283 e. The Morgan fingerprint density at radius 2 is 1.57 bits per heavy atom. The van der Waals surface area contributed by atoms with Gasteiger partial charge in [0.25, 0.3) is 17.7 Å². The highest BCUT2D eigenvalue weighted by atomic mass is 35.5. The first-order valence-corrected chi connectivity index (χ1v) is 11.3. The molecule has 6 nitrogen and oxygen atoms in total. The van der Waals surface area contributed by atoms with Crippen LogP contribution in [0.25, 0.3) is 0 Å². The number of aryl methyl sites for hydroxylation is 3. The monoisotopic (exact) mass is 511 g/mol. The SMILES string of the molecule is Cc1ccc(NC(=O)c2ccc(C)c(NC3=C(Cl)C(=O)N(c4ccc(F)c(Cl)c4)C3=O)c2)cc1C. The average Bonchev–Trinajstić information content (AvgIpc) is 3.02. The molecule has 1 aliphatic heterocycles. The molecule has 0 saturated carbocycles. The summed E-state index contributed by atoms with van der Waals surface area (Å²) in [6, 6.07) is 14.0. The van der Waals surface area contributed by atoms with E-state index in [0.29, 0.717) is 22.5 Å². The van der Waals surface area contributed by atoms with Crippen LogP contribution in [0.15, 0.2) is 65.3 Å². The summed E-state index contributed by atoms with van der Waals surface area (Å²) in [6.45, 7) is 5.72. The molecule has 9 heteroatoms. The fourth-order valence-electron chi connectivity index (χ4n) is 3.53. The fraction of sp³-hybridized carbons (Fsp3) is 0.115. The number of hydrogen-bond acceptors (Lipinski definition) is 4. The molecule has 178 valence electrons. The first-order chi connectivity index (χ1) is 16.6. The summed E-state index contributed by atoms with van der Waals surface area (Å²) in [5.41, 5.74) is 4.22. The maximum atomic E-state index is 13.5. The number of halogens is 3. The van der Waals surface area contributed by atoms with Crippen molar-refractivity contribution in [2.75, 3.05) is 15.5 Å². The third-order valence-corrected chi connectivity index (χ3v) is 6.35. The van der Waals surface area contributed by atoms with Crippen LogP contribution in [0.1, 0.15) is 27.0 Å². The summed E-state index contributed by atoms with van der Waals surface area (Å²) in [7, 11) is 0. The van der Waals surface area contributed by atoms with Crippen LogP contribution in [0.3, 0.4) is 0 Å². The van der Waals surface area contributed by atoms with E-state index in [2.05, 4.69) is 10.6 Å². The largest absolute Gasteiger partial charge is 0.349 e. The molecular formula is C26H20Cl2FN3O3. The standard InChI is InChI=1S/C26H20Cl2FN3O3/c1-13-5-7-17(10-15(13)3)30-24(33)16-6-4-14(2)21(11-16)31-23-22(28)25(34)32(26(23)35)18-8-9-20(29)19(27)12-18/h4-12,31H,1-3H3,(H,30,33). The zero-order valence-corrected chi connectivity index (χ0v) is 20.5. The summed E-state index contributed by atoms with van der Waals surface area (Å²) < 4.78 is 13.5. The lowest BCUT2D eigenvalue weighted by Gasteiger charge is -2.16. The smallest absolute Gasteiger partial charge is 0.283 e. The highest BCUT2D eigenvalue weighted by molar-refractivity contribution is 6.53. The second-order valence-corrected chi connectivity index (χ2v) is 8.93. The van der Waals surface area contributed by atoms with E-state index in [9.17, 15) is 18.8 Å². The van der Waals surface area contributed by atoms with E-state index in [1.165, 1.54) is 12.1 Å². The topological polar surface area (TPSA) is 78.5 Å². The Bertz CT molecular complexity index is 1440. The van der Waals surface area contributed by atoms with Crippen LogP contribution in [-0.4, -0.2) is 17.7 Å². The lowest BCUT2D eigenvalue weighted by Crippen LogP contribution is -2.32. The lowest BCUT2D eigenvalue weighted by molar-refractivity contribution is -0.120. The van der Waals surface area contributed by atoms with E-state index < -0.39 is 17.6 Å². The quantitative estimate of drug-likeness (QED) is 0.406. The highest BCUT2D eigenvalue weighted by Gasteiger charge is 2.39. The number of amides is 3. The van der Waals surface area contributed by atoms with E-state index in [4.69, 9.17) is 23.2 Å². The van der Waals surface area contributed by atoms with E-state index in [-0.39, 0.29) is 27.3 Å². The molecule has 0 spiro atoms. The predicted octanol–water partition coefficient (Wildman–Crippen LogP) is 6.09. The molecule has 0 atom stereocenters. The van der Waals surface area contributed by atoms with Crippen LogP contribution in [0, 0.1) is 26.6 Å². The molecule has 3 aromatic rings. The highest BCUT2D eigenvalue weighted by Crippen LogP contribution is 2.33. The van der Waals surface area contributed by atoms with Gasteiger partial charge in [-0.2, -0.15) is 0 Å². The van der Waals surface area contributed by atoms with Gasteiger partial charge in [0, 0.05) is 16.9 Å². The number of nitrogens with zero attached hydrogens (tertiary/aromatic N) is 1. The van der Waals surface area contributed by atoms with Crippen molar-refractivity contribution in [3.63, 3.8) is 0 Å². The van der Waals surface area contributed by atoms with Gasteiger partial charge in [0.1, 0.15) is 16.5 Å². The maximum absolute atomic E-state index is 13.5. The second-order valence-electron chi connectivity index (χ2n) is 8.14. The minimum Gasteiger partial charge on any atom is -0.349 e. The second kappa shape index (κ2) is 9.52. The van der Waals surface area contributed by atoms with Crippen LogP contribution >= 0.6 is 23.2 Å². The first kappa shape index (κ1) is 24.4. The molecule has 0 aromatic heterocycles. The molecule has 0 aliphatic carbocycles. The molecule has 0 saturated heterocycles. The van der Waals surface area contributed by atoms with Crippen LogP contribution in [-0.2, 0) is 9.59 Å². The Balaban J connectivity index is 1.58. The van der Waals surface area contributed by atoms with Crippen LogP contribution in [0.4, 0.5) is 21.5 Å². The molecular weight excluding hydrogens is 492 g/mol. The number of rotatable bonds is 5. The van der Waals surface area contributed by atoms with Crippen molar-refractivity contribution in [2.24, 2.45) is 0 Å². The van der Waals surface area contributed by atoms with Gasteiger partial charge in [0.15, 0.2) is 0 Å². The number of carbonyl (C=O) groups is 3. The Morgan fingerprint density at radius 3 is 2.26 bits per heavy atom. The third kappa shape index (κ3) is 4.78. The van der Waals surface area contributed by atoms with Crippen molar-refractivity contribution in [2.45, 2.75) is 20.8 Å². The Hall–Kier alpha value is -3.68. The molecule has 0 radical (unpaired) electrons. The Morgan fingerprint density at radius 1 is 0.857 bits per heavy atom. The number of nitrogens with one attached hydrogen (secondary N) is 2. The molecule has 0 unspecified atom stereocenters. The molecule has 1 aliphatic rings. The van der Waals surface area contributed by atoms with Gasteiger partial charge >= 0.3 is 0 Å². The molecule has 0 fully saturated rings. The summed E-state index contributed by atoms with van der Waals surface area (Å²) >= 11 is 12.0. The molecule has 1 heterocycles. The van der Waals surface area contributed by atoms with Crippen molar-refractivity contribution in [1.29, 1.82) is 0 Å². The molecule has 4 rings (SSSR count). The van der Waals surface area contributed by atoms with E-state index in [0.717, 1.165) is 22.1 Å². The average molecular weight is 512 g/mol. The summed E-state index contributed by atoms with van der Waals surface area (Å²) in [6.07, 6.45) is 0. The van der Waals surface area contributed by atoms with Gasteiger partial charge in [-0.25, -0.2) is 9.29 Å². The number of benzene rings is 3. The molecule has 35 heavy (non-hydrogen) atoms. The van der Waals surface area contributed by atoms with Gasteiger partial charge in [-0.1, -0.05) is 35.3 Å². The first-order valence-electron chi connectivity index (χ1n) is 10.6. The van der Waals surface area contributed by atoms with Crippen molar-refractivity contribution < 1.29 is 18.8 Å². The van der Waals surface area contributed by atoms with Gasteiger partial charge in [-0.15, -0.1) is 0 Å². The minimum absolute atomic E-state index is 0.0830. The van der Waals surface area contributed by atoms with Crippen molar-refractivity contribution in [1.82, 2.24) is 0 Å². The fourth-order valence-corrected chi connectivity index (χ4v) is 3.91. The minimum atomic E-state index is -0.775. The van der Waals surface area contributed by atoms with E-state index in [1.54, 1.807) is 25.1 Å². The molecule has 2 N–H and O–H groups in total. The normalized spacial score (nSPS) is 13.5. The van der Waals surface area contributed by atoms with E-state index >= 15 is 0 Å². The molecule has 0 bridgehead atoms. The zero-order chi connectivity index (χ0) is 25.4. The number of anilines is 3. The summed E-state index contributed by atoms with van der Waals surface area (Å²) in [4.78, 5) is 39.4. The van der Waals surface area contributed by atoms with Gasteiger partial charge < -0.3 is 10.6 Å². The predicted molar refractivity (Wildman–Crippen MR) is 135 cm³/mol. The van der Waals surface area contributed by atoms with Gasteiger partial charge in [-0.05, 0) is 79.9 Å². The summed E-state index contributed by atoms with van der Waals surface area (Å²) in [5.74, 6) is -2.53. The number of carbonyl (C=O) groups excluding carboxylic acids is 3. The lowest BCUT2D eigenvalue weighted by atomic mass is 10.1. The van der Waals surface area contributed by atoms with Crippen LogP contribution in [0.5, 0.6) is 0 Å². The van der Waals surface area contributed by atoms with Crippen molar-refractivity contribution in [3.8, 4) is 0 Å². The van der Waals surface area contributed by atoms with Crippen molar-refractivity contribution >= 4 is 58.0 Å². The molecule has 3 amide bonds. The Kier molecular flexibility index (Phi) is 6.65. The van der Waals surface area contributed by atoms with Gasteiger partial charge in [-0.3, -0.25) is 14.4 Å². The van der Waals surface area contributed by atoms with Gasteiger partial charge in [0.2, 0.25) is 0 Å². The van der Waals surface area contributed by atoms with Crippen molar-refractivity contribution in [3.05, 3.63) is 98.4 Å². The van der Waals surface area contributed by atoms with E-state index in [1.807, 2.05) is 32.0 Å². The summed E-state index contributed by atoms with van der Waals surface area (Å²) in [5, 5.41) is 5.17. The number of hydrogen-bond donors (Lipinski definition) is 2. The zero-order valence-electron chi connectivity index (χ0n) is 19.0. The van der Waals surface area contributed by atoms with Crippen LogP contribution < -0.4 is 15.5 Å². The Labute approximate surface area is 211 Å².